The average molecular weight is 361 g/mol. The van der Waals surface area contributed by atoms with Crippen LogP contribution >= 0.6 is 40.2 Å². The molecule has 0 saturated carbocycles. The lowest BCUT2D eigenvalue weighted by molar-refractivity contribution is 0.102. The number of nitrogens with one attached hydrogen (secondary N) is 1. The molecular weight excluding hydrogens is 353 g/mol. The van der Waals surface area contributed by atoms with E-state index in [9.17, 15) is 9.18 Å². The molecule has 0 aliphatic carbocycles. The molecule has 0 fully saturated rings. The predicted octanol–water partition coefficient (Wildman–Crippen LogP) is 4.78. The summed E-state index contributed by atoms with van der Waals surface area (Å²) in [4.78, 5) is 12.6. The van der Waals surface area contributed by atoms with Crippen LogP contribution in [0.3, 0.4) is 0 Å². The Morgan fingerprint density at radius 2 is 2.00 bits per heavy atom. The summed E-state index contributed by atoms with van der Waals surface area (Å²) < 4.78 is 14.2. The molecule has 2 aromatic rings. The van der Waals surface area contributed by atoms with Gasteiger partial charge in [0, 0.05) is 9.37 Å². The molecule has 0 unspecified atom stereocenters. The Hall–Kier alpha value is -1.04. The second-order valence-electron chi connectivity index (χ2n) is 3.74. The number of benzene rings is 2. The molecule has 1 N–H and O–H groups in total. The fourth-order valence-electron chi connectivity index (χ4n) is 1.47. The van der Waals surface area contributed by atoms with Crippen LogP contribution in [-0.4, -0.2) is 5.91 Å². The van der Waals surface area contributed by atoms with Gasteiger partial charge in [0.05, 0.1) is 16.3 Å². The summed E-state index contributed by atoms with van der Waals surface area (Å²) >= 11 is 13.3. The number of amides is 1. The van der Waals surface area contributed by atoms with Crippen molar-refractivity contribution in [3.05, 3.63) is 57.3 Å². The van der Waals surface area contributed by atoms with Gasteiger partial charge in [-0.2, -0.15) is 0 Å². The van der Waals surface area contributed by atoms with Crippen molar-refractivity contribution in [2.45, 2.75) is 4.90 Å². The van der Waals surface area contributed by atoms with E-state index in [1.807, 2.05) is 0 Å². The number of anilines is 1. The number of hydrogen-bond acceptors (Lipinski definition) is 2. The summed E-state index contributed by atoms with van der Waals surface area (Å²) in [6.45, 7) is 0. The molecule has 0 saturated heterocycles. The van der Waals surface area contributed by atoms with E-state index in [1.54, 1.807) is 18.2 Å². The Labute approximate surface area is 128 Å². The normalized spacial score (nSPS) is 10.3. The molecule has 98 valence electrons. The van der Waals surface area contributed by atoms with E-state index in [2.05, 4.69) is 33.9 Å². The lowest BCUT2D eigenvalue weighted by Gasteiger charge is -2.08. The molecule has 0 heterocycles. The van der Waals surface area contributed by atoms with Crippen LogP contribution in [0.15, 0.2) is 45.8 Å². The maximum atomic E-state index is 13.5. The van der Waals surface area contributed by atoms with Gasteiger partial charge in [0.1, 0.15) is 5.82 Å². The summed E-state index contributed by atoms with van der Waals surface area (Å²) in [5.74, 6) is -1.01. The SMILES string of the molecule is O=C(Nc1cc(Br)ccc1F)c1cc(S)ccc1Cl. The first-order valence-corrected chi connectivity index (χ1v) is 6.84. The summed E-state index contributed by atoms with van der Waals surface area (Å²) in [7, 11) is 0. The van der Waals surface area contributed by atoms with E-state index in [4.69, 9.17) is 11.6 Å². The van der Waals surface area contributed by atoms with Gasteiger partial charge in [0.25, 0.3) is 5.91 Å². The van der Waals surface area contributed by atoms with Crippen LogP contribution in [0.2, 0.25) is 5.02 Å². The zero-order valence-corrected chi connectivity index (χ0v) is 12.7. The molecule has 0 radical (unpaired) electrons. The van der Waals surface area contributed by atoms with Crippen molar-refractivity contribution in [1.82, 2.24) is 0 Å². The van der Waals surface area contributed by atoms with Crippen LogP contribution in [-0.2, 0) is 0 Å². The van der Waals surface area contributed by atoms with E-state index >= 15 is 0 Å². The summed E-state index contributed by atoms with van der Waals surface area (Å²) in [5, 5.41) is 2.76. The van der Waals surface area contributed by atoms with Gasteiger partial charge in [0.2, 0.25) is 0 Å². The Morgan fingerprint density at radius 1 is 1.26 bits per heavy atom. The zero-order valence-electron chi connectivity index (χ0n) is 9.45. The fraction of sp³-hybridized carbons (Fsp3) is 0. The molecular formula is C13H8BrClFNOS. The van der Waals surface area contributed by atoms with Crippen LogP contribution in [0, 0.1) is 5.82 Å². The smallest absolute Gasteiger partial charge is 0.257 e. The lowest BCUT2D eigenvalue weighted by atomic mass is 10.2. The molecule has 2 nitrogen and oxygen atoms in total. The second kappa shape index (κ2) is 5.94. The largest absolute Gasteiger partial charge is 0.319 e. The highest BCUT2D eigenvalue weighted by atomic mass is 79.9. The van der Waals surface area contributed by atoms with Gasteiger partial charge in [0.15, 0.2) is 0 Å². The summed E-state index contributed by atoms with van der Waals surface area (Å²) in [6.07, 6.45) is 0. The van der Waals surface area contributed by atoms with Crippen molar-refractivity contribution in [3.63, 3.8) is 0 Å². The molecule has 1 amide bonds. The fourth-order valence-corrected chi connectivity index (χ4v) is 2.24. The van der Waals surface area contributed by atoms with Gasteiger partial charge in [-0.25, -0.2) is 4.39 Å². The van der Waals surface area contributed by atoms with Crippen molar-refractivity contribution in [3.8, 4) is 0 Å². The first-order valence-electron chi connectivity index (χ1n) is 5.22. The highest BCUT2D eigenvalue weighted by Crippen LogP contribution is 2.24. The maximum absolute atomic E-state index is 13.5. The molecule has 0 atom stereocenters. The molecule has 0 aromatic heterocycles. The monoisotopic (exact) mass is 359 g/mol. The molecule has 2 rings (SSSR count). The molecule has 0 spiro atoms. The van der Waals surface area contributed by atoms with E-state index in [0.29, 0.717) is 9.37 Å². The van der Waals surface area contributed by atoms with E-state index in [1.165, 1.54) is 18.2 Å². The minimum atomic E-state index is -0.519. The number of carbonyl (C=O) groups is 1. The topological polar surface area (TPSA) is 29.1 Å². The Morgan fingerprint density at radius 3 is 2.74 bits per heavy atom. The molecule has 0 aliphatic rings. The Balaban J connectivity index is 2.30. The van der Waals surface area contributed by atoms with E-state index in [-0.39, 0.29) is 16.3 Å². The minimum absolute atomic E-state index is 0.0833. The van der Waals surface area contributed by atoms with Gasteiger partial charge < -0.3 is 5.32 Å². The van der Waals surface area contributed by atoms with Gasteiger partial charge in [-0.3, -0.25) is 4.79 Å². The van der Waals surface area contributed by atoms with Crippen LogP contribution in [0.1, 0.15) is 10.4 Å². The van der Waals surface area contributed by atoms with Crippen LogP contribution in [0.5, 0.6) is 0 Å². The van der Waals surface area contributed by atoms with Crippen LogP contribution in [0.4, 0.5) is 10.1 Å². The molecule has 6 heteroatoms. The minimum Gasteiger partial charge on any atom is -0.319 e. The lowest BCUT2D eigenvalue weighted by Crippen LogP contribution is -2.13. The average Bonchev–Trinajstić information content (AvgIpc) is 2.36. The molecule has 19 heavy (non-hydrogen) atoms. The Kier molecular flexibility index (Phi) is 4.50. The third kappa shape index (κ3) is 3.49. The van der Waals surface area contributed by atoms with Crippen molar-refractivity contribution >= 4 is 51.8 Å². The Bertz CT molecular complexity index is 651. The summed E-state index contributed by atoms with van der Waals surface area (Å²) in [6, 6.07) is 9.04. The number of hydrogen-bond donors (Lipinski definition) is 2. The molecule has 0 bridgehead atoms. The van der Waals surface area contributed by atoms with Gasteiger partial charge in [-0.15, -0.1) is 12.6 Å². The number of thiol groups is 1. The molecule has 2 aromatic carbocycles. The van der Waals surface area contributed by atoms with Crippen molar-refractivity contribution < 1.29 is 9.18 Å². The highest BCUT2D eigenvalue weighted by molar-refractivity contribution is 9.10. The number of carbonyl (C=O) groups excluding carboxylic acids is 1. The van der Waals surface area contributed by atoms with Gasteiger partial charge >= 0.3 is 0 Å². The standard InChI is InChI=1S/C13H8BrClFNOS/c14-7-1-4-11(16)12(5-7)17-13(18)9-6-8(19)2-3-10(9)15/h1-6,19H,(H,17,18). The molecule has 0 aliphatic heterocycles. The van der Waals surface area contributed by atoms with Gasteiger partial charge in [-0.1, -0.05) is 27.5 Å². The van der Waals surface area contributed by atoms with Crippen molar-refractivity contribution in [2.24, 2.45) is 0 Å². The van der Waals surface area contributed by atoms with E-state index < -0.39 is 11.7 Å². The van der Waals surface area contributed by atoms with Crippen molar-refractivity contribution in [1.29, 1.82) is 0 Å². The van der Waals surface area contributed by atoms with Crippen molar-refractivity contribution in [2.75, 3.05) is 5.32 Å². The zero-order chi connectivity index (χ0) is 14.0. The highest BCUT2D eigenvalue weighted by Gasteiger charge is 2.13. The maximum Gasteiger partial charge on any atom is 0.257 e. The number of halogens is 3. The second-order valence-corrected chi connectivity index (χ2v) is 5.58. The quantitative estimate of drug-likeness (QED) is 0.741. The van der Waals surface area contributed by atoms with Crippen LogP contribution < -0.4 is 5.32 Å². The summed E-state index contributed by atoms with van der Waals surface area (Å²) in [5.41, 5.74) is 0.327. The first kappa shape index (κ1) is 14.4. The third-order valence-corrected chi connectivity index (χ3v) is 3.47. The predicted molar refractivity (Wildman–Crippen MR) is 80.8 cm³/mol. The van der Waals surface area contributed by atoms with Crippen LogP contribution in [0.25, 0.3) is 0 Å². The third-order valence-electron chi connectivity index (χ3n) is 2.37. The number of rotatable bonds is 2. The van der Waals surface area contributed by atoms with Gasteiger partial charge in [-0.05, 0) is 36.4 Å². The van der Waals surface area contributed by atoms with E-state index in [0.717, 1.165) is 0 Å². The first-order chi connectivity index (χ1) is 8.97.